The summed E-state index contributed by atoms with van der Waals surface area (Å²) in [6.07, 6.45) is 4.42. The first-order valence-electron chi connectivity index (χ1n) is 9.40. The van der Waals surface area contributed by atoms with Gasteiger partial charge in [0.25, 0.3) is 0 Å². The van der Waals surface area contributed by atoms with E-state index in [0.717, 1.165) is 31.4 Å². The average Bonchev–Trinajstić information content (AvgIpc) is 2.86. The molecule has 3 aliphatic carbocycles. The second-order valence-corrected chi connectivity index (χ2v) is 8.65. The fourth-order valence-electron chi connectivity index (χ4n) is 6.42. The van der Waals surface area contributed by atoms with Crippen molar-refractivity contribution < 1.29 is 14.2 Å². The predicted molar refractivity (Wildman–Crippen MR) is 93.1 cm³/mol. The SMILES string of the molecule is COc1ccc2c(c1)C[C@@H](C)[C@@H]1[C@@H]2CC[C@@]2(C)[C@@H]1CC[C@@]2(F)CO. The summed E-state index contributed by atoms with van der Waals surface area (Å²) in [5.41, 5.74) is 1.13. The normalized spacial score (nSPS) is 43.7. The van der Waals surface area contributed by atoms with Crippen LogP contribution in [0, 0.1) is 23.2 Å². The van der Waals surface area contributed by atoms with E-state index in [1.54, 1.807) is 7.11 Å². The van der Waals surface area contributed by atoms with Crippen molar-refractivity contribution in [2.75, 3.05) is 13.7 Å². The van der Waals surface area contributed by atoms with E-state index < -0.39 is 5.67 Å². The highest BCUT2D eigenvalue weighted by Crippen LogP contribution is 2.66. The maximum atomic E-state index is 15.4. The molecule has 0 saturated heterocycles. The van der Waals surface area contributed by atoms with E-state index in [1.807, 2.05) is 0 Å². The molecule has 0 unspecified atom stereocenters. The van der Waals surface area contributed by atoms with Gasteiger partial charge in [0.05, 0.1) is 13.7 Å². The monoisotopic (exact) mass is 332 g/mol. The Hall–Kier alpha value is -1.09. The number of alkyl halides is 1. The first-order valence-corrected chi connectivity index (χ1v) is 9.40. The van der Waals surface area contributed by atoms with Crippen molar-refractivity contribution in [2.45, 2.75) is 57.5 Å². The lowest BCUT2D eigenvalue weighted by Crippen LogP contribution is -2.51. The zero-order valence-corrected chi connectivity index (χ0v) is 15.0. The summed E-state index contributed by atoms with van der Waals surface area (Å²) in [5, 5.41) is 9.72. The Kier molecular flexibility index (Phi) is 3.72. The number of fused-ring (bicyclic) bond motifs is 5. The molecule has 0 aromatic heterocycles. The number of rotatable bonds is 2. The Labute approximate surface area is 144 Å². The van der Waals surface area contributed by atoms with Gasteiger partial charge in [0, 0.05) is 5.41 Å². The van der Waals surface area contributed by atoms with Crippen LogP contribution in [0.25, 0.3) is 0 Å². The van der Waals surface area contributed by atoms with Crippen LogP contribution in [0.5, 0.6) is 5.75 Å². The van der Waals surface area contributed by atoms with E-state index in [2.05, 4.69) is 32.0 Å². The van der Waals surface area contributed by atoms with Gasteiger partial charge >= 0.3 is 0 Å². The van der Waals surface area contributed by atoms with Crippen LogP contribution in [0.3, 0.4) is 0 Å². The van der Waals surface area contributed by atoms with Crippen LogP contribution in [-0.2, 0) is 6.42 Å². The second-order valence-electron chi connectivity index (χ2n) is 8.65. The first-order chi connectivity index (χ1) is 11.4. The third-order valence-corrected chi connectivity index (χ3v) is 7.80. The largest absolute Gasteiger partial charge is 0.497 e. The van der Waals surface area contributed by atoms with E-state index in [-0.39, 0.29) is 12.0 Å². The van der Waals surface area contributed by atoms with E-state index >= 15 is 4.39 Å². The van der Waals surface area contributed by atoms with Crippen molar-refractivity contribution in [3.8, 4) is 5.75 Å². The molecule has 0 bridgehead atoms. The molecule has 1 N–H and O–H groups in total. The van der Waals surface area contributed by atoms with Gasteiger partial charge in [0.15, 0.2) is 0 Å². The molecule has 1 aromatic carbocycles. The number of aliphatic hydroxyl groups is 1. The maximum absolute atomic E-state index is 15.4. The van der Waals surface area contributed by atoms with Gasteiger partial charge in [0.1, 0.15) is 11.4 Å². The van der Waals surface area contributed by atoms with Gasteiger partial charge in [-0.05, 0) is 79.0 Å². The van der Waals surface area contributed by atoms with Crippen LogP contribution in [0.15, 0.2) is 18.2 Å². The van der Waals surface area contributed by atoms with Gasteiger partial charge in [0.2, 0.25) is 0 Å². The minimum atomic E-state index is -1.39. The Bertz CT molecular complexity index is 645. The maximum Gasteiger partial charge on any atom is 0.139 e. The molecule has 4 rings (SSSR count). The summed E-state index contributed by atoms with van der Waals surface area (Å²) in [7, 11) is 1.72. The van der Waals surface area contributed by atoms with Crippen LogP contribution in [-0.4, -0.2) is 24.5 Å². The summed E-state index contributed by atoms with van der Waals surface area (Å²) < 4.78 is 20.8. The fraction of sp³-hybridized carbons (Fsp3) is 0.714. The molecule has 1 aromatic rings. The van der Waals surface area contributed by atoms with E-state index in [9.17, 15) is 5.11 Å². The quantitative estimate of drug-likeness (QED) is 0.864. The molecule has 0 amide bonds. The minimum absolute atomic E-state index is 0.320. The van der Waals surface area contributed by atoms with Crippen LogP contribution >= 0.6 is 0 Å². The standard InChI is InChI=1S/C21H29FO2/c1-13-10-14-11-15(24-3)4-5-16(14)17-6-8-20(2)18(19(13)17)7-9-21(20,22)12-23/h4-5,11,13,17-19,23H,6-10,12H2,1-3H3/t13-,17-,18-,19-,20+,21-/m1/s1. The number of benzene rings is 1. The molecule has 0 radical (unpaired) electrons. The Balaban J connectivity index is 1.73. The van der Waals surface area contributed by atoms with Gasteiger partial charge in [-0.15, -0.1) is 0 Å². The lowest BCUT2D eigenvalue weighted by atomic mass is 9.51. The number of ether oxygens (including phenoxy) is 1. The number of hydrogen-bond acceptors (Lipinski definition) is 2. The zero-order valence-electron chi connectivity index (χ0n) is 15.0. The molecule has 0 heterocycles. The molecule has 0 aliphatic heterocycles. The van der Waals surface area contributed by atoms with Crippen molar-refractivity contribution in [3.05, 3.63) is 29.3 Å². The Morgan fingerprint density at radius 2 is 2.08 bits per heavy atom. The number of halogens is 1. The van der Waals surface area contributed by atoms with E-state index in [0.29, 0.717) is 30.1 Å². The van der Waals surface area contributed by atoms with Gasteiger partial charge in [-0.25, -0.2) is 4.39 Å². The Morgan fingerprint density at radius 1 is 1.29 bits per heavy atom. The van der Waals surface area contributed by atoms with E-state index in [1.165, 1.54) is 11.1 Å². The topological polar surface area (TPSA) is 29.5 Å². The summed E-state index contributed by atoms with van der Waals surface area (Å²) in [5.74, 6) is 2.95. The molecule has 2 saturated carbocycles. The highest BCUT2D eigenvalue weighted by Gasteiger charge is 2.63. The number of methoxy groups -OCH3 is 1. The zero-order chi connectivity index (χ0) is 17.1. The third-order valence-electron chi connectivity index (χ3n) is 7.80. The lowest BCUT2D eigenvalue weighted by molar-refractivity contribution is -0.0833. The fourth-order valence-corrected chi connectivity index (χ4v) is 6.42. The van der Waals surface area contributed by atoms with Crippen molar-refractivity contribution in [2.24, 2.45) is 23.2 Å². The van der Waals surface area contributed by atoms with Crippen molar-refractivity contribution in [1.82, 2.24) is 0 Å². The molecular formula is C21H29FO2. The minimum Gasteiger partial charge on any atom is -0.497 e. The first kappa shape index (κ1) is 16.4. The molecule has 2 fully saturated rings. The van der Waals surface area contributed by atoms with Gasteiger partial charge in [-0.3, -0.25) is 0 Å². The van der Waals surface area contributed by atoms with Crippen molar-refractivity contribution in [1.29, 1.82) is 0 Å². The Morgan fingerprint density at radius 3 is 2.79 bits per heavy atom. The number of aliphatic hydroxyl groups excluding tert-OH is 1. The molecule has 2 nitrogen and oxygen atoms in total. The van der Waals surface area contributed by atoms with Gasteiger partial charge < -0.3 is 9.84 Å². The second kappa shape index (κ2) is 5.45. The summed E-state index contributed by atoms with van der Waals surface area (Å²) >= 11 is 0. The summed E-state index contributed by atoms with van der Waals surface area (Å²) in [6, 6.07) is 6.50. The highest BCUT2D eigenvalue weighted by atomic mass is 19.1. The lowest BCUT2D eigenvalue weighted by Gasteiger charge is -2.54. The van der Waals surface area contributed by atoms with Gasteiger partial charge in [-0.1, -0.05) is 19.9 Å². The average molecular weight is 332 g/mol. The molecule has 24 heavy (non-hydrogen) atoms. The molecular weight excluding hydrogens is 303 g/mol. The van der Waals surface area contributed by atoms with Crippen LogP contribution in [0.1, 0.15) is 56.6 Å². The molecule has 132 valence electrons. The van der Waals surface area contributed by atoms with Crippen LogP contribution < -0.4 is 4.74 Å². The third kappa shape index (κ3) is 2.03. The van der Waals surface area contributed by atoms with Crippen LogP contribution in [0.4, 0.5) is 4.39 Å². The van der Waals surface area contributed by atoms with Gasteiger partial charge in [-0.2, -0.15) is 0 Å². The summed E-state index contributed by atoms with van der Waals surface area (Å²) in [6.45, 7) is 4.12. The highest BCUT2D eigenvalue weighted by molar-refractivity contribution is 5.41. The van der Waals surface area contributed by atoms with Crippen molar-refractivity contribution in [3.63, 3.8) is 0 Å². The number of hydrogen-bond donors (Lipinski definition) is 1. The molecule has 3 heteroatoms. The van der Waals surface area contributed by atoms with Crippen LogP contribution in [0.2, 0.25) is 0 Å². The summed E-state index contributed by atoms with van der Waals surface area (Å²) in [4.78, 5) is 0. The molecule has 3 aliphatic rings. The van der Waals surface area contributed by atoms with Crippen molar-refractivity contribution >= 4 is 0 Å². The molecule has 6 atom stereocenters. The molecule has 0 spiro atoms. The predicted octanol–water partition coefficient (Wildman–Crippen LogP) is 4.50. The van der Waals surface area contributed by atoms with E-state index in [4.69, 9.17) is 4.74 Å². The smallest absolute Gasteiger partial charge is 0.139 e.